The first kappa shape index (κ1) is 21.1. The van der Waals surface area contributed by atoms with Crippen LogP contribution in [-0.4, -0.2) is 42.6 Å². The summed E-state index contributed by atoms with van der Waals surface area (Å²) in [6.07, 6.45) is -1.29. The zero-order chi connectivity index (χ0) is 20.0. The first-order valence-corrected chi connectivity index (χ1v) is 8.85. The van der Waals surface area contributed by atoms with Gasteiger partial charge in [0.1, 0.15) is 0 Å². The van der Waals surface area contributed by atoms with E-state index >= 15 is 0 Å². The monoisotopic (exact) mass is 404 g/mol. The van der Waals surface area contributed by atoms with Gasteiger partial charge in [0.15, 0.2) is 0 Å². The van der Waals surface area contributed by atoms with E-state index in [0.717, 1.165) is 12.1 Å². The summed E-state index contributed by atoms with van der Waals surface area (Å²) < 4.78 is 43.5. The molecule has 0 saturated carbocycles. The van der Waals surface area contributed by atoms with Crippen LogP contribution in [0.25, 0.3) is 6.08 Å². The van der Waals surface area contributed by atoms with Gasteiger partial charge in [0, 0.05) is 25.2 Å². The van der Waals surface area contributed by atoms with Crippen molar-refractivity contribution in [1.82, 2.24) is 10.2 Å². The molecule has 0 spiro atoms. The fraction of sp³-hybridized carbons (Fsp3) is 0.444. The normalized spacial score (nSPS) is 15.8. The Kier molecular flexibility index (Phi) is 7.12. The standard InChI is InChI=1S/C18H20ClF3N2O3/c1-2-27-17(26)24-9-7-13(8-10-24)23-16(25)6-4-12-3-5-15(19)14(11-12)18(20,21)22/h3-6,11,13H,2,7-10H2,1H3,(H,23,25)/b6-4+. The Morgan fingerprint density at radius 2 is 2.00 bits per heavy atom. The third-order valence-corrected chi connectivity index (χ3v) is 4.42. The van der Waals surface area contributed by atoms with E-state index in [0.29, 0.717) is 32.5 Å². The Labute approximate surface area is 160 Å². The zero-order valence-corrected chi connectivity index (χ0v) is 15.4. The number of amides is 2. The number of piperidine rings is 1. The van der Waals surface area contributed by atoms with Crippen LogP contribution in [0.5, 0.6) is 0 Å². The van der Waals surface area contributed by atoms with Crippen LogP contribution in [0.15, 0.2) is 24.3 Å². The molecule has 27 heavy (non-hydrogen) atoms. The molecular formula is C18H20ClF3N2O3. The summed E-state index contributed by atoms with van der Waals surface area (Å²) in [5.41, 5.74) is -0.725. The smallest absolute Gasteiger partial charge is 0.417 e. The van der Waals surface area contributed by atoms with Crippen LogP contribution in [-0.2, 0) is 15.7 Å². The number of ether oxygens (including phenoxy) is 1. The molecule has 1 aliphatic heterocycles. The Morgan fingerprint density at radius 3 is 2.59 bits per heavy atom. The summed E-state index contributed by atoms with van der Waals surface area (Å²) in [5.74, 6) is -0.409. The molecule has 1 heterocycles. The molecule has 0 atom stereocenters. The van der Waals surface area contributed by atoms with E-state index in [2.05, 4.69) is 5.32 Å². The van der Waals surface area contributed by atoms with Crippen LogP contribution in [0.1, 0.15) is 30.9 Å². The van der Waals surface area contributed by atoms with Gasteiger partial charge in [-0.1, -0.05) is 17.7 Å². The van der Waals surface area contributed by atoms with Crippen LogP contribution in [0, 0.1) is 0 Å². The molecule has 0 aliphatic carbocycles. The average Bonchev–Trinajstić information content (AvgIpc) is 2.61. The fourth-order valence-corrected chi connectivity index (χ4v) is 2.93. The summed E-state index contributed by atoms with van der Waals surface area (Å²) in [5, 5.41) is 2.39. The molecule has 0 unspecified atom stereocenters. The summed E-state index contributed by atoms with van der Waals surface area (Å²) in [4.78, 5) is 25.2. The van der Waals surface area contributed by atoms with Crippen molar-refractivity contribution in [1.29, 1.82) is 0 Å². The van der Waals surface area contributed by atoms with E-state index in [4.69, 9.17) is 16.3 Å². The minimum atomic E-state index is -4.56. The van der Waals surface area contributed by atoms with Crippen LogP contribution in [0.3, 0.4) is 0 Å². The Hall–Kier alpha value is -2.22. The van der Waals surface area contributed by atoms with Crippen molar-refractivity contribution >= 4 is 29.7 Å². The van der Waals surface area contributed by atoms with E-state index in [1.54, 1.807) is 11.8 Å². The van der Waals surface area contributed by atoms with Crippen molar-refractivity contribution in [2.24, 2.45) is 0 Å². The molecule has 2 amide bonds. The maximum Gasteiger partial charge on any atom is 0.417 e. The molecule has 1 saturated heterocycles. The number of benzene rings is 1. The van der Waals surface area contributed by atoms with Crippen LogP contribution in [0.4, 0.5) is 18.0 Å². The maximum absolute atomic E-state index is 12.8. The molecule has 1 fully saturated rings. The highest BCUT2D eigenvalue weighted by atomic mass is 35.5. The first-order valence-electron chi connectivity index (χ1n) is 8.47. The van der Waals surface area contributed by atoms with E-state index in [1.165, 1.54) is 18.2 Å². The average molecular weight is 405 g/mol. The highest BCUT2D eigenvalue weighted by Gasteiger charge is 2.33. The SMILES string of the molecule is CCOC(=O)N1CCC(NC(=O)/C=C/c2ccc(Cl)c(C(F)(F)F)c2)CC1. The van der Waals surface area contributed by atoms with Gasteiger partial charge < -0.3 is 15.0 Å². The summed E-state index contributed by atoms with van der Waals surface area (Å²) in [7, 11) is 0. The number of hydrogen-bond acceptors (Lipinski definition) is 3. The number of likely N-dealkylation sites (tertiary alicyclic amines) is 1. The number of carbonyl (C=O) groups is 2. The first-order chi connectivity index (χ1) is 12.7. The molecule has 148 valence electrons. The molecule has 0 radical (unpaired) electrons. The lowest BCUT2D eigenvalue weighted by atomic mass is 10.1. The highest BCUT2D eigenvalue weighted by Crippen LogP contribution is 2.35. The second-order valence-electron chi connectivity index (χ2n) is 6.04. The van der Waals surface area contributed by atoms with Crippen molar-refractivity contribution in [2.45, 2.75) is 32.0 Å². The number of hydrogen-bond donors (Lipinski definition) is 1. The van der Waals surface area contributed by atoms with Crippen LogP contribution >= 0.6 is 11.6 Å². The van der Waals surface area contributed by atoms with Gasteiger partial charge in [-0.15, -0.1) is 0 Å². The quantitative estimate of drug-likeness (QED) is 0.768. The van der Waals surface area contributed by atoms with Gasteiger partial charge in [-0.3, -0.25) is 4.79 Å². The van der Waals surface area contributed by atoms with Gasteiger partial charge in [-0.05, 0) is 43.5 Å². The maximum atomic E-state index is 12.8. The van der Waals surface area contributed by atoms with Crippen molar-refractivity contribution in [3.05, 3.63) is 40.4 Å². The molecular weight excluding hydrogens is 385 g/mol. The number of halogens is 4. The van der Waals surface area contributed by atoms with Crippen LogP contribution < -0.4 is 5.32 Å². The summed E-state index contributed by atoms with van der Waals surface area (Å²) in [6, 6.07) is 3.33. The Morgan fingerprint density at radius 1 is 1.33 bits per heavy atom. The largest absolute Gasteiger partial charge is 0.450 e. The number of nitrogens with one attached hydrogen (secondary N) is 1. The predicted octanol–water partition coefficient (Wildman–Crippen LogP) is 4.11. The molecule has 1 aromatic carbocycles. The number of carbonyl (C=O) groups excluding carboxylic acids is 2. The second kappa shape index (κ2) is 9.12. The van der Waals surface area contributed by atoms with Gasteiger partial charge in [0.25, 0.3) is 0 Å². The van der Waals surface area contributed by atoms with Gasteiger partial charge in [0.2, 0.25) is 5.91 Å². The molecule has 1 N–H and O–H groups in total. The van der Waals surface area contributed by atoms with E-state index in [-0.39, 0.29) is 17.7 Å². The lowest BCUT2D eigenvalue weighted by Gasteiger charge is -2.31. The van der Waals surface area contributed by atoms with Gasteiger partial charge in [0.05, 0.1) is 17.2 Å². The Balaban J connectivity index is 1.89. The number of nitrogens with zero attached hydrogens (tertiary/aromatic N) is 1. The molecule has 1 aliphatic rings. The summed E-state index contributed by atoms with van der Waals surface area (Å²) >= 11 is 5.57. The minimum Gasteiger partial charge on any atom is -0.450 e. The second-order valence-corrected chi connectivity index (χ2v) is 6.45. The fourth-order valence-electron chi connectivity index (χ4n) is 2.71. The lowest BCUT2D eigenvalue weighted by molar-refractivity contribution is -0.137. The Bertz CT molecular complexity index is 714. The molecule has 2 rings (SSSR count). The van der Waals surface area contributed by atoms with Gasteiger partial charge in [-0.25, -0.2) is 4.79 Å². The molecule has 5 nitrogen and oxygen atoms in total. The molecule has 0 aromatic heterocycles. The molecule has 1 aromatic rings. The van der Waals surface area contributed by atoms with E-state index < -0.39 is 22.7 Å². The third kappa shape index (κ3) is 6.16. The minimum absolute atomic E-state index is 0.108. The van der Waals surface area contributed by atoms with Gasteiger partial charge >= 0.3 is 12.3 Å². The van der Waals surface area contributed by atoms with Crippen LogP contribution in [0.2, 0.25) is 5.02 Å². The highest BCUT2D eigenvalue weighted by molar-refractivity contribution is 6.31. The van der Waals surface area contributed by atoms with E-state index in [9.17, 15) is 22.8 Å². The molecule has 0 bridgehead atoms. The number of rotatable bonds is 4. The lowest BCUT2D eigenvalue weighted by Crippen LogP contribution is -2.46. The molecule has 9 heteroatoms. The van der Waals surface area contributed by atoms with Gasteiger partial charge in [-0.2, -0.15) is 13.2 Å². The topological polar surface area (TPSA) is 58.6 Å². The van der Waals surface area contributed by atoms with Crippen molar-refractivity contribution in [3.8, 4) is 0 Å². The third-order valence-electron chi connectivity index (χ3n) is 4.09. The predicted molar refractivity (Wildman–Crippen MR) is 95.2 cm³/mol. The van der Waals surface area contributed by atoms with Crippen molar-refractivity contribution < 1.29 is 27.5 Å². The zero-order valence-electron chi connectivity index (χ0n) is 14.7. The van der Waals surface area contributed by atoms with Crippen molar-refractivity contribution in [3.63, 3.8) is 0 Å². The van der Waals surface area contributed by atoms with E-state index in [1.807, 2.05) is 0 Å². The summed E-state index contributed by atoms with van der Waals surface area (Å²) in [6.45, 7) is 2.98. The number of alkyl halides is 3. The van der Waals surface area contributed by atoms with Crippen molar-refractivity contribution in [2.75, 3.05) is 19.7 Å².